The third kappa shape index (κ3) is 5.28. The Morgan fingerprint density at radius 2 is 1.90 bits per heavy atom. The Balaban J connectivity index is 1.58. The molecule has 2 N–H and O–H groups in total. The van der Waals surface area contributed by atoms with Crippen LogP contribution in [0.2, 0.25) is 0 Å². The van der Waals surface area contributed by atoms with Gasteiger partial charge < -0.3 is 19.5 Å². The molecule has 1 amide bonds. The first-order valence-corrected chi connectivity index (χ1v) is 9.48. The molecule has 1 atom stereocenters. The summed E-state index contributed by atoms with van der Waals surface area (Å²) in [6, 6.07) is 6.27. The van der Waals surface area contributed by atoms with Crippen molar-refractivity contribution >= 4 is 11.9 Å². The quantitative estimate of drug-likeness (QED) is 0.623. The van der Waals surface area contributed by atoms with Crippen molar-refractivity contribution in [2.24, 2.45) is 5.92 Å². The van der Waals surface area contributed by atoms with Crippen molar-refractivity contribution in [1.82, 2.24) is 14.9 Å². The molecule has 0 saturated carbocycles. The van der Waals surface area contributed by atoms with Gasteiger partial charge >= 0.3 is 11.7 Å². The lowest BCUT2D eigenvalue weighted by atomic mass is 9.95. The van der Waals surface area contributed by atoms with E-state index in [1.165, 1.54) is 6.20 Å². The maximum absolute atomic E-state index is 12.3. The van der Waals surface area contributed by atoms with Crippen molar-refractivity contribution in [1.29, 1.82) is 0 Å². The predicted molar refractivity (Wildman–Crippen MR) is 105 cm³/mol. The summed E-state index contributed by atoms with van der Waals surface area (Å²) < 4.78 is 17.0. The number of aromatic nitrogens is 2. The third-order valence-electron chi connectivity index (χ3n) is 4.47. The largest absolute Gasteiger partial charge is 0.486 e. The number of fused-ring (bicyclic) bond motifs is 1. The van der Waals surface area contributed by atoms with Gasteiger partial charge in [0, 0.05) is 12.3 Å². The third-order valence-corrected chi connectivity index (χ3v) is 4.47. The number of amides is 1. The number of aromatic amines is 1. The second-order valence-corrected chi connectivity index (χ2v) is 7.09. The van der Waals surface area contributed by atoms with Crippen LogP contribution in [0.25, 0.3) is 0 Å². The van der Waals surface area contributed by atoms with E-state index in [2.05, 4.69) is 5.32 Å². The Bertz CT molecular complexity index is 1040. The number of nitrogens with zero attached hydrogens (tertiary/aromatic N) is 1. The van der Waals surface area contributed by atoms with Crippen LogP contribution in [0.3, 0.4) is 0 Å². The van der Waals surface area contributed by atoms with Gasteiger partial charge in [0.15, 0.2) is 18.1 Å². The maximum Gasteiger partial charge on any atom is 0.328 e. The van der Waals surface area contributed by atoms with E-state index in [9.17, 15) is 19.2 Å². The highest BCUT2D eigenvalue weighted by Crippen LogP contribution is 2.34. The Labute approximate surface area is 171 Å². The minimum atomic E-state index is -0.778. The highest BCUT2D eigenvalue weighted by Gasteiger charge is 2.22. The Morgan fingerprint density at radius 3 is 2.60 bits per heavy atom. The zero-order chi connectivity index (χ0) is 21.7. The monoisotopic (exact) mass is 417 g/mol. The van der Waals surface area contributed by atoms with Crippen molar-refractivity contribution in [2.45, 2.75) is 26.4 Å². The lowest BCUT2D eigenvalue weighted by Gasteiger charge is -2.25. The van der Waals surface area contributed by atoms with E-state index in [4.69, 9.17) is 14.2 Å². The van der Waals surface area contributed by atoms with Gasteiger partial charge in [0.1, 0.15) is 19.8 Å². The number of carbonyl (C=O) groups is 2. The molecule has 1 aliphatic rings. The molecular formula is C20H23N3O7. The molecule has 0 unspecified atom stereocenters. The van der Waals surface area contributed by atoms with Gasteiger partial charge in [-0.2, -0.15) is 0 Å². The lowest BCUT2D eigenvalue weighted by molar-refractivity contribution is -0.149. The molecule has 0 saturated heterocycles. The SMILES string of the molecule is CC(C)[C@H](NC(=O)COC(=O)Cn1ccc(=O)[nH]c1=O)c1ccc2c(c1)OCCO2. The van der Waals surface area contributed by atoms with E-state index in [0.717, 1.165) is 16.2 Å². The maximum atomic E-state index is 12.3. The van der Waals surface area contributed by atoms with Crippen LogP contribution in [0.1, 0.15) is 25.5 Å². The molecule has 10 heteroatoms. The topological polar surface area (TPSA) is 129 Å². The van der Waals surface area contributed by atoms with Crippen molar-refractivity contribution in [2.75, 3.05) is 19.8 Å². The number of esters is 1. The van der Waals surface area contributed by atoms with Gasteiger partial charge in [-0.25, -0.2) is 4.79 Å². The van der Waals surface area contributed by atoms with E-state index in [1.807, 2.05) is 31.0 Å². The smallest absolute Gasteiger partial charge is 0.328 e. The standard InChI is InChI=1S/C20H23N3O7/c1-12(2)19(13-3-4-14-15(9-13)29-8-7-28-14)21-17(25)11-30-18(26)10-23-6-5-16(24)22-20(23)27/h3-6,9,12,19H,7-8,10-11H2,1-2H3,(H,21,25)(H,22,24,27)/t19-/m0/s1. The Morgan fingerprint density at radius 1 is 1.17 bits per heavy atom. The molecule has 1 aromatic heterocycles. The Hall–Kier alpha value is -3.56. The molecule has 2 heterocycles. The predicted octanol–water partition coefficient (Wildman–Crippen LogP) is 0.364. The van der Waals surface area contributed by atoms with Gasteiger partial charge in [-0.15, -0.1) is 0 Å². The highest BCUT2D eigenvalue weighted by atomic mass is 16.6. The summed E-state index contributed by atoms with van der Waals surface area (Å²) in [5.41, 5.74) is -0.459. The Kier molecular flexibility index (Phi) is 6.55. The number of carbonyl (C=O) groups excluding carboxylic acids is 2. The van der Waals surface area contributed by atoms with Gasteiger partial charge in [0.25, 0.3) is 11.5 Å². The van der Waals surface area contributed by atoms with Crippen LogP contribution >= 0.6 is 0 Å². The first-order chi connectivity index (χ1) is 14.3. The minimum absolute atomic E-state index is 0.0620. The number of nitrogens with one attached hydrogen (secondary N) is 2. The van der Waals surface area contributed by atoms with Crippen molar-refractivity contribution < 1.29 is 23.8 Å². The number of ether oxygens (including phenoxy) is 3. The molecule has 0 radical (unpaired) electrons. The number of hydrogen-bond acceptors (Lipinski definition) is 7. The molecule has 3 rings (SSSR count). The fourth-order valence-electron chi connectivity index (χ4n) is 3.00. The minimum Gasteiger partial charge on any atom is -0.486 e. The van der Waals surface area contributed by atoms with E-state index in [1.54, 1.807) is 6.07 Å². The fourth-order valence-corrected chi connectivity index (χ4v) is 3.00. The number of H-pyrrole nitrogens is 1. The van der Waals surface area contributed by atoms with Gasteiger partial charge in [-0.3, -0.25) is 23.9 Å². The number of benzene rings is 1. The zero-order valence-corrected chi connectivity index (χ0v) is 16.7. The van der Waals surface area contributed by atoms with Crippen LogP contribution in [0, 0.1) is 5.92 Å². The van der Waals surface area contributed by atoms with Crippen molar-refractivity contribution in [3.8, 4) is 11.5 Å². The summed E-state index contributed by atoms with van der Waals surface area (Å²) in [5.74, 6) is 0.0825. The van der Waals surface area contributed by atoms with E-state index < -0.39 is 36.3 Å². The van der Waals surface area contributed by atoms with Gasteiger partial charge in [-0.05, 0) is 23.6 Å². The molecule has 10 nitrogen and oxygen atoms in total. The van der Waals surface area contributed by atoms with Crippen LogP contribution in [0.5, 0.6) is 11.5 Å². The van der Waals surface area contributed by atoms with Gasteiger partial charge in [-0.1, -0.05) is 19.9 Å². The molecule has 0 aliphatic carbocycles. The number of rotatable bonds is 7. The van der Waals surface area contributed by atoms with E-state index in [0.29, 0.717) is 24.7 Å². The molecule has 160 valence electrons. The van der Waals surface area contributed by atoms with Crippen molar-refractivity contribution in [3.63, 3.8) is 0 Å². The average molecular weight is 417 g/mol. The molecule has 1 aromatic carbocycles. The zero-order valence-electron chi connectivity index (χ0n) is 16.7. The summed E-state index contributed by atoms with van der Waals surface area (Å²) in [6.45, 7) is 3.95. The molecule has 0 bridgehead atoms. The summed E-state index contributed by atoms with van der Waals surface area (Å²) in [5, 5.41) is 2.85. The van der Waals surface area contributed by atoms with E-state index in [-0.39, 0.29) is 12.0 Å². The molecule has 0 spiro atoms. The van der Waals surface area contributed by atoms with Gasteiger partial charge in [0.2, 0.25) is 0 Å². The van der Waals surface area contributed by atoms with E-state index >= 15 is 0 Å². The van der Waals surface area contributed by atoms with Crippen LogP contribution in [0.4, 0.5) is 0 Å². The summed E-state index contributed by atoms with van der Waals surface area (Å²) in [4.78, 5) is 48.9. The highest BCUT2D eigenvalue weighted by molar-refractivity contribution is 5.80. The molecule has 0 fully saturated rings. The van der Waals surface area contributed by atoms with Crippen LogP contribution in [-0.2, 0) is 20.9 Å². The van der Waals surface area contributed by atoms with Crippen LogP contribution in [-0.4, -0.2) is 41.2 Å². The normalized spacial score (nSPS) is 13.6. The molecule has 1 aliphatic heterocycles. The van der Waals surface area contributed by atoms with Crippen molar-refractivity contribution in [3.05, 3.63) is 56.9 Å². The average Bonchev–Trinajstić information content (AvgIpc) is 2.72. The molecule has 30 heavy (non-hydrogen) atoms. The molecular weight excluding hydrogens is 394 g/mol. The first-order valence-electron chi connectivity index (χ1n) is 9.48. The summed E-state index contributed by atoms with van der Waals surface area (Å²) in [6.07, 6.45) is 1.18. The van der Waals surface area contributed by atoms with Gasteiger partial charge in [0.05, 0.1) is 6.04 Å². The summed E-state index contributed by atoms with van der Waals surface area (Å²) >= 11 is 0. The number of hydrogen-bond donors (Lipinski definition) is 2. The van der Waals surface area contributed by atoms with Crippen LogP contribution in [0.15, 0.2) is 40.1 Å². The van der Waals surface area contributed by atoms with Crippen LogP contribution < -0.4 is 26.0 Å². The fraction of sp³-hybridized carbons (Fsp3) is 0.400. The lowest BCUT2D eigenvalue weighted by Crippen LogP contribution is -2.36. The first kappa shape index (κ1) is 21.2. The molecule has 2 aromatic rings. The summed E-state index contributed by atoms with van der Waals surface area (Å²) in [7, 11) is 0. The second kappa shape index (κ2) is 9.29. The second-order valence-electron chi connectivity index (χ2n) is 7.09.